The molecule has 148 valence electrons. The lowest BCUT2D eigenvalue weighted by Gasteiger charge is -2.11. The maximum Gasteiger partial charge on any atom is 0.178 e. The smallest absolute Gasteiger partial charge is 0.178 e. The maximum absolute atomic E-state index is 12.2. The van der Waals surface area contributed by atoms with Crippen molar-refractivity contribution in [3.63, 3.8) is 0 Å². The van der Waals surface area contributed by atoms with Crippen molar-refractivity contribution >= 4 is 54.5 Å². The number of rotatable bonds is 5. The van der Waals surface area contributed by atoms with Crippen molar-refractivity contribution in [3.8, 4) is 16.9 Å². The van der Waals surface area contributed by atoms with Gasteiger partial charge in [-0.1, -0.05) is 30.7 Å². The Morgan fingerprint density at radius 2 is 1.90 bits per heavy atom. The topological polar surface area (TPSA) is 92.2 Å². The molecule has 0 saturated carbocycles. The summed E-state index contributed by atoms with van der Waals surface area (Å²) in [6.07, 6.45) is 1.43. The molecule has 29 heavy (non-hydrogen) atoms. The van der Waals surface area contributed by atoms with E-state index < -0.39 is 9.84 Å². The van der Waals surface area contributed by atoms with Crippen LogP contribution in [0.5, 0.6) is 5.75 Å². The second-order valence-corrected chi connectivity index (χ2v) is 9.84. The number of nitrogens with one attached hydrogen (secondary N) is 1. The first kappa shape index (κ1) is 19.6. The monoisotopic (exact) mass is 445 g/mol. The SMILES string of the molecule is CCS(=O)(=O)c1ccc(O)c(Nc2ncnc3scc(-c4ccc(Cl)cc4)c23)c1. The van der Waals surface area contributed by atoms with Crippen molar-refractivity contribution in [2.24, 2.45) is 0 Å². The molecule has 4 rings (SSSR count). The number of aromatic hydroxyl groups is 1. The minimum atomic E-state index is -3.41. The van der Waals surface area contributed by atoms with Crippen LogP contribution in [0.25, 0.3) is 21.3 Å². The van der Waals surface area contributed by atoms with Crippen molar-refractivity contribution in [2.75, 3.05) is 11.1 Å². The summed E-state index contributed by atoms with van der Waals surface area (Å²) in [6, 6.07) is 11.6. The molecule has 0 atom stereocenters. The van der Waals surface area contributed by atoms with E-state index in [1.54, 1.807) is 6.92 Å². The number of benzene rings is 2. The van der Waals surface area contributed by atoms with Gasteiger partial charge in [0.15, 0.2) is 9.84 Å². The zero-order valence-corrected chi connectivity index (χ0v) is 17.6. The van der Waals surface area contributed by atoms with E-state index in [1.165, 1.54) is 35.9 Å². The summed E-state index contributed by atoms with van der Waals surface area (Å²) in [5.41, 5.74) is 2.12. The molecule has 2 aromatic heterocycles. The fourth-order valence-corrected chi connectivity index (χ4v) is 4.86. The van der Waals surface area contributed by atoms with E-state index in [4.69, 9.17) is 11.6 Å². The molecule has 0 radical (unpaired) electrons. The molecule has 2 aromatic carbocycles. The van der Waals surface area contributed by atoms with Gasteiger partial charge in [0, 0.05) is 16.0 Å². The zero-order chi connectivity index (χ0) is 20.6. The van der Waals surface area contributed by atoms with Crippen LogP contribution in [0.1, 0.15) is 6.92 Å². The normalized spacial score (nSPS) is 11.7. The fraction of sp³-hybridized carbons (Fsp3) is 0.100. The quantitative estimate of drug-likeness (QED) is 0.407. The summed E-state index contributed by atoms with van der Waals surface area (Å²) in [6.45, 7) is 1.58. The van der Waals surface area contributed by atoms with Gasteiger partial charge < -0.3 is 10.4 Å². The van der Waals surface area contributed by atoms with Gasteiger partial charge in [0.05, 0.1) is 21.7 Å². The second-order valence-electron chi connectivity index (χ2n) is 6.27. The van der Waals surface area contributed by atoms with Crippen molar-refractivity contribution in [3.05, 3.63) is 59.2 Å². The molecule has 0 aliphatic rings. The average molecular weight is 446 g/mol. The first-order chi connectivity index (χ1) is 13.9. The van der Waals surface area contributed by atoms with Crippen molar-refractivity contribution < 1.29 is 13.5 Å². The lowest BCUT2D eigenvalue weighted by atomic mass is 10.1. The minimum Gasteiger partial charge on any atom is -0.506 e. The van der Waals surface area contributed by atoms with Crippen LogP contribution in [0.15, 0.2) is 59.1 Å². The first-order valence-corrected chi connectivity index (χ1v) is 11.6. The predicted molar refractivity (Wildman–Crippen MR) is 117 cm³/mol. The third-order valence-electron chi connectivity index (χ3n) is 4.49. The standard InChI is InChI=1S/C20H16ClN3O3S2/c1-2-29(26,27)14-7-8-17(25)16(9-14)24-19-18-15(10-28-20(18)23-11-22-19)12-3-5-13(21)6-4-12/h3-11,25H,2H2,1H3,(H,22,23,24). The van der Waals surface area contributed by atoms with Crippen LogP contribution < -0.4 is 5.32 Å². The number of thiophene rings is 1. The Hall–Kier alpha value is -2.68. The van der Waals surface area contributed by atoms with Crippen LogP contribution in [0.3, 0.4) is 0 Å². The molecule has 0 aliphatic carbocycles. The van der Waals surface area contributed by atoms with Crippen LogP contribution in [-0.4, -0.2) is 29.2 Å². The summed E-state index contributed by atoms with van der Waals surface area (Å²) in [5.74, 6) is 0.373. The molecule has 6 nitrogen and oxygen atoms in total. The number of phenolic OH excluding ortho intramolecular Hbond substituents is 1. The summed E-state index contributed by atoms with van der Waals surface area (Å²) >= 11 is 7.47. The Kier molecular flexibility index (Phi) is 5.16. The predicted octanol–water partition coefficient (Wildman–Crippen LogP) is 5.25. The second kappa shape index (κ2) is 7.62. The van der Waals surface area contributed by atoms with Gasteiger partial charge in [-0.2, -0.15) is 0 Å². The van der Waals surface area contributed by atoms with Crippen molar-refractivity contribution in [1.29, 1.82) is 0 Å². The summed E-state index contributed by atoms with van der Waals surface area (Å²) < 4.78 is 24.4. The third-order valence-corrected chi connectivity index (χ3v) is 7.36. The van der Waals surface area contributed by atoms with Crippen LogP contribution in [0.2, 0.25) is 5.02 Å². The van der Waals surface area contributed by atoms with E-state index in [-0.39, 0.29) is 22.1 Å². The van der Waals surface area contributed by atoms with Gasteiger partial charge >= 0.3 is 0 Å². The van der Waals surface area contributed by atoms with Crippen molar-refractivity contribution in [2.45, 2.75) is 11.8 Å². The highest BCUT2D eigenvalue weighted by molar-refractivity contribution is 7.91. The molecule has 0 unspecified atom stereocenters. The molecule has 2 heterocycles. The summed E-state index contributed by atoms with van der Waals surface area (Å²) in [4.78, 5) is 9.55. The number of anilines is 2. The Morgan fingerprint density at radius 3 is 2.62 bits per heavy atom. The first-order valence-electron chi connectivity index (χ1n) is 8.70. The van der Waals surface area contributed by atoms with Crippen molar-refractivity contribution in [1.82, 2.24) is 9.97 Å². The van der Waals surface area contributed by atoms with Gasteiger partial charge in [-0.25, -0.2) is 18.4 Å². The molecule has 9 heteroatoms. The van der Waals surface area contributed by atoms with Gasteiger partial charge in [0.2, 0.25) is 0 Å². The Labute approximate surface area is 176 Å². The van der Waals surface area contributed by atoms with E-state index in [2.05, 4.69) is 15.3 Å². The number of nitrogens with zero attached hydrogens (tertiary/aromatic N) is 2. The molecule has 4 aromatic rings. The number of hydrogen-bond acceptors (Lipinski definition) is 7. The summed E-state index contributed by atoms with van der Waals surface area (Å²) in [7, 11) is -3.41. The molecular formula is C20H16ClN3O3S2. The number of fused-ring (bicyclic) bond motifs is 1. The van der Waals surface area contributed by atoms with Crippen LogP contribution in [0.4, 0.5) is 11.5 Å². The molecule has 0 amide bonds. The van der Waals surface area contributed by atoms with Gasteiger partial charge in [-0.05, 0) is 35.9 Å². The maximum atomic E-state index is 12.2. The Morgan fingerprint density at radius 1 is 1.14 bits per heavy atom. The van der Waals surface area contributed by atoms with Crippen LogP contribution >= 0.6 is 22.9 Å². The number of halogens is 1. The molecular weight excluding hydrogens is 430 g/mol. The van der Waals surface area contributed by atoms with Gasteiger partial charge in [0.25, 0.3) is 0 Å². The number of phenols is 1. The van der Waals surface area contributed by atoms with Gasteiger partial charge in [0.1, 0.15) is 22.7 Å². The van der Waals surface area contributed by atoms with Crippen LogP contribution in [0, 0.1) is 0 Å². The fourth-order valence-electron chi connectivity index (χ4n) is 2.91. The third kappa shape index (κ3) is 3.78. The highest BCUT2D eigenvalue weighted by Gasteiger charge is 2.17. The highest BCUT2D eigenvalue weighted by Crippen LogP contribution is 2.39. The van der Waals surface area contributed by atoms with E-state index in [0.29, 0.717) is 10.8 Å². The molecule has 0 aliphatic heterocycles. The largest absolute Gasteiger partial charge is 0.506 e. The molecule has 0 saturated heterocycles. The number of sulfone groups is 1. The molecule has 0 fully saturated rings. The van der Waals surface area contributed by atoms with E-state index in [0.717, 1.165) is 21.3 Å². The minimum absolute atomic E-state index is 0.0276. The number of aromatic nitrogens is 2. The lowest BCUT2D eigenvalue weighted by molar-refractivity contribution is 0.477. The van der Waals surface area contributed by atoms with E-state index >= 15 is 0 Å². The van der Waals surface area contributed by atoms with E-state index in [1.807, 2.05) is 29.6 Å². The van der Waals surface area contributed by atoms with E-state index in [9.17, 15) is 13.5 Å². The average Bonchev–Trinajstić information content (AvgIpc) is 3.15. The van der Waals surface area contributed by atoms with Crippen LogP contribution in [-0.2, 0) is 9.84 Å². The lowest BCUT2D eigenvalue weighted by Crippen LogP contribution is -2.04. The Bertz CT molecular complexity index is 1300. The molecule has 2 N–H and O–H groups in total. The Balaban J connectivity index is 1.83. The molecule has 0 bridgehead atoms. The summed E-state index contributed by atoms with van der Waals surface area (Å²) in [5, 5.41) is 16.7. The highest BCUT2D eigenvalue weighted by atomic mass is 35.5. The van der Waals surface area contributed by atoms with Gasteiger partial charge in [-0.15, -0.1) is 11.3 Å². The van der Waals surface area contributed by atoms with Gasteiger partial charge in [-0.3, -0.25) is 0 Å². The number of hydrogen-bond donors (Lipinski definition) is 2. The zero-order valence-electron chi connectivity index (χ0n) is 15.3. The molecule has 0 spiro atoms.